The largest absolute Gasteiger partial charge is 0.465 e. The molecule has 5 nitrogen and oxygen atoms in total. The van der Waals surface area contributed by atoms with Crippen molar-refractivity contribution in [3.63, 3.8) is 0 Å². The Hall–Kier alpha value is -3.47. The maximum absolute atomic E-state index is 12.4. The minimum Gasteiger partial charge on any atom is -0.465 e. The molecule has 0 saturated heterocycles. The summed E-state index contributed by atoms with van der Waals surface area (Å²) in [6.45, 7) is 0. The number of ether oxygens (including phenoxy) is 1. The second-order valence-corrected chi connectivity index (χ2v) is 6.10. The lowest BCUT2D eigenvalue weighted by molar-refractivity contribution is -0.116. The first kappa shape index (κ1) is 18.3. The number of fused-ring (bicyclic) bond motifs is 1. The lowest BCUT2D eigenvalue weighted by Gasteiger charge is -2.06. The molecule has 5 heteroatoms. The minimum absolute atomic E-state index is 0.0723. The molecular formula is C22H19NO4. The summed E-state index contributed by atoms with van der Waals surface area (Å²) in [5, 5.41) is 4.79. The van der Waals surface area contributed by atoms with Gasteiger partial charge in [-0.2, -0.15) is 0 Å². The van der Waals surface area contributed by atoms with Gasteiger partial charge in [-0.05, 0) is 41.1 Å². The highest BCUT2D eigenvalue weighted by Crippen LogP contribution is 2.17. The van der Waals surface area contributed by atoms with Crippen LogP contribution < -0.4 is 5.32 Å². The second kappa shape index (κ2) is 8.27. The maximum atomic E-state index is 12.4. The highest BCUT2D eigenvalue weighted by molar-refractivity contribution is 6.02. The van der Waals surface area contributed by atoms with Crippen LogP contribution in [0.4, 0.5) is 5.69 Å². The number of hydrogen-bond acceptors (Lipinski definition) is 4. The fourth-order valence-electron chi connectivity index (χ4n) is 2.77. The minimum atomic E-state index is -0.436. The maximum Gasteiger partial charge on any atom is 0.337 e. The Kier molecular flexibility index (Phi) is 5.61. The number of rotatable bonds is 6. The zero-order chi connectivity index (χ0) is 19.2. The summed E-state index contributed by atoms with van der Waals surface area (Å²) in [5.74, 6) is -0.763. The van der Waals surface area contributed by atoms with E-state index in [1.54, 1.807) is 30.3 Å². The highest BCUT2D eigenvalue weighted by atomic mass is 16.5. The number of anilines is 1. The average molecular weight is 361 g/mol. The van der Waals surface area contributed by atoms with Crippen molar-refractivity contribution in [1.29, 1.82) is 0 Å². The van der Waals surface area contributed by atoms with Gasteiger partial charge < -0.3 is 10.1 Å². The van der Waals surface area contributed by atoms with Gasteiger partial charge in [0, 0.05) is 24.1 Å². The van der Waals surface area contributed by atoms with E-state index in [0.29, 0.717) is 16.8 Å². The zero-order valence-corrected chi connectivity index (χ0v) is 14.9. The van der Waals surface area contributed by atoms with Crippen LogP contribution in [0.2, 0.25) is 0 Å². The van der Waals surface area contributed by atoms with E-state index >= 15 is 0 Å². The fraction of sp³-hybridized carbons (Fsp3) is 0.136. The Balaban J connectivity index is 1.56. The molecule has 0 aromatic heterocycles. The normalized spacial score (nSPS) is 10.4. The summed E-state index contributed by atoms with van der Waals surface area (Å²) in [5.41, 5.74) is 1.57. The standard InChI is InChI=1S/C22H19NO4/c1-27-22(26)16-8-10-19(11-9-16)23-21(25)13-12-20(24)18-7-6-15-4-2-3-5-17(15)14-18/h2-11,14H,12-13H2,1H3,(H,23,25). The molecule has 0 bridgehead atoms. The molecule has 0 aliphatic rings. The van der Waals surface area contributed by atoms with E-state index in [4.69, 9.17) is 0 Å². The van der Waals surface area contributed by atoms with Gasteiger partial charge in [0.25, 0.3) is 0 Å². The average Bonchev–Trinajstić information content (AvgIpc) is 2.71. The molecule has 0 aliphatic carbocycles. The summed E-state index contributed by atoms with van der Waals surface area (Å²) >= 11 is 0. The molecule has 27 heavy (non-hydrogen) atoms. The number of nitrogens with one attached hydrogen (secondary N) is 1. The monoisotopic (exact) mass is 361 g/mol. The van der Waals surface area contributed by atoms with Crippen molar-refractivity contribution >= 4 is 34.1 Å². The van der Waals surface area contributed by atoms with Crippen LogP contribution in [0.1, 0.15) is 33.6 Å². The van der Waals surface area contributed by atoms with Gasteiger partial charge in [0.1, 0.15) is 0 Å². The highest BCUT2D eigenvalue weighted by Gasteiger charge is 2.11. The lowest BCUT2D eigenvalue weighted by Crippen LogP contribution is -2.13. The van der Waals surface area contributed by atoms with Crippen LogP contribution in [-0.4, -0.2) is 24.8 Å². The number of esters is 1. The number of amides is 1. The first-order valence-corrected chi connectivity index (χ1v) is 8.57. The van der Waals surface area contributed by atoms with Gasteiger partial charge in [0.15, 0.2) is 5.78 Å². The molecule has 3 aromatic carbocycles. The van der Waals surface area contributed by atoms with Crippen LogP contribution in [0.15, 0.2) is 66.7 Å². The van der Waals surface area contributed by atoms with Crippen molar-refractivity contribution in [2.45, 2.75) is 12.8 Å². The molecule has 0 fully saturated rings. The molecule has 1 amide bonds. The molecule has 0 unspecified atom stereocenters. The molecular weight excluding hydrogens is 342 g/mol. The number of hydrogen-bond donors (Lipinski definition) is 1. The van der Waals surface area contributed by atoms with E-state index < -0.39 is 5.97 Å². The third-order valence-electron chi connectivity index (χ3n) is 4.24. The summed E-state index contributed by atoms with van der Waals surface area (Å²) in [4.78, 5) is 35.8. The van der Waals surface area contributed by atoms with E-state index in [1.807, 2.05) is 36.4 Å². The molecule has 136 valence electrons. The number of carbonyl (C=O) groups is 3. The van der Waals surface area contributed by atoms with Gasteiger partial charge in [-0.1, -0.05) is 36.4 Å². The van der Waals surface area contributed by atoms with Crippen molar-refractivity contribution in [3.8, 4) is 0 Å². The Bertz CT molecular complexity index is 993. The molecule has 3 rings (SSSR count). The Morgan fingerprint density at radius 2 is 1.48 bits per heavy atom. The van der Waals surface area contributed by atoms with Crippen molar-refractivity contribution in [3.05, 3.63) is 77.9 Å². The van der Waals surface area contributed by atoms with E-state index in [9.17, 15) is 14.4 Å². The molecule has 1 N–H and O–H groups in total. The first-order chi connectivity index (χ1) is 13.1. The number of Topliss-reactive ketones (excluding diaryl/α,β-unsaturated/α-hetero) is 1. The smallest absolute Gasteiger partial charge is 0.337 e. The number of ketones is 1. The predicted octanol–water partition coefficient (Wildman–Crippen LogP) is 4.23. The summed E-state index contributed by atoms with van der Waals surface area (Å²) in [6.07, 6.45) is 0.217. The van der Waals surface area contributed by atoms with Crippen LogP contribution in [0, 0.1) is 0 Å². The van der Waals surface area contributed by atoms with E-state index in [0.717, 1.165) is 10.8 Å². The molecule has 0 atom stereocenters. The van der Waals surface area contributed by atoms with Gasteiger partial charge in [-0.15, -0.1) is 0 Å². The summed E-state index contributed by atoms with van der Waals surface area (Å²) in [6, 6.07) is 19.7. The first-order valence-electron chi connectivity index (χ1n) is 8.57. The number of methoxy groups -OCH3 is 1. The Morgan fingerprint density at radius 1 is 0.815 bits per heavy atom. The van der Waals surface area contributed by atoms with Crippen LogP contribution in [0.3, 0.4) is 0 Å². The van der Waals surface area contributed by atoms with E-state index in [-0.39, 0.29) is 24.5 Å². The predicted molar refractivity (Wildman–Crippen MR) is 104 cm³/mol. The molecule has 0 radical (unpaired) electrons. The summed E-state index contributed by atoms with van der Waals surface area (Å²) < 4.78 is 4.63. The van der Waals surface area contributed by atoms with Crippen molar-refractivity contribution in [1.82, 2.24) is 0 Å². The quantitative estimate of drug-likeness (QED) is 0.527. The van der Waals surface area contributed by atoms with Gasteiger partial charge in [-0.25, -0.2) is 4.79 Å². The molecule has 0 heterocycles. The zero-order valence-electron chi connectivity index (χ0n) is 14.9. The van der Waals surface area contributed by atoms with E-state index in [2.05, 4.69) is 10.1 Å². The molecule has 0 spiro atoms. The van der Waals surface area contributed by atoms with Crippen LogP contribution in [0.5, 0.6) is 0 Å². The Labute approximate surface area is 157 Å². The third-order valence-corrected chi connectivity index (χ3v) is 4.24. The summed E-state index contributed by atoms with van der Waals surface area (Å²) in [7, 11) is 1.31. The lowest BCUT2D eigenvalue weighted by atomic mass is 10.0. The molecule has 0 aliphatic heterocycles. The SMILES string of the molecule is COC(=O)c1ccc(NC(=O)CCC(=O)c2ccc3ccccc3c2)cc1. The second-order valence-electron chi connectivity index (χ2n) is 6.10. The Morgan fingerprint density at radius 3 is 2.19 bits per heavy atom. The van der Waals surface area contributed by atoms with Gasteiger partial charge in [-0.3, -0.25) is 9.59 Å². The van der Waals surface area contributed by atoms with Crippen LogP contribution in [0.25, 0.3) is 10.8 Å². The number of carbonyl (C=O) groups excluding carboxylic acids is 3. The van der Waals surface area contributed by atoms with E-state index in [1.165, 1.54) is 7.11 Å². The van der Waals surface area contributed by atoms with Crippen LogP contribution in [-0.2, 0) is 9.53 Å². The van der Waals surface area contributed by atoms with Gasteiger partial charge >= 0.3 is 5.97 Å². The van der Waals surface area contributed by atoms with Crippen molar-refractivity contribution in [2.75, 3.05) is 12.4 Å². The van der Waals surface area contributed by atoms with Crippen molar-refractivity contribution in [2.24, 2.45) is 0 Å². The van der Waals surface area contributed by atoms with Gasteiger partial charge in [0.05, 0.1) is 12.7 Å². The number of benzene rings is 3. The van der Waals surface area contributed by atoms with Gasteiger partial charge in [0.2, 0.25) is 5.91 Å². The molecule has 0 saturated carbocycles. The third kappa shape index (κ3) is 4.58. The molecule has 3 aromatic rings. The van der Waals surface area contributed by atoms with Crippen molar-refractivity contribution < 1.29 is 19.1 Å². The fourth-order valence-corrected chi connectivity index (χ4v) is 2.77. The van der Waals surface area contributed by atoms with Crippen LogP contribution >= 0.6 is 0 Å². The topological polar surface area (TPSA) is 72.5 Å².